The molecule has 74 valence electrons. The molecule has 0 radical (unpaired) electrons. The number of rotatable bonds is 4. The zero-order chi connectivity index (χ0) is 9.90. The van der Waals surface area contributed by atoms with Gasteiger partial charge in [0.25, 0.3) is 0 Å². The van der Waals surface area contributed by atoms with Crippen LogP contribution in [-0.4, -0.2) is 18.2 Å². The van der Waals surface area contributed by atoms with Crippen molar-refractivity contribution in [2.24, 2.45) is 0 Å². The molecule has 1 aromatic rings. The first-order chi connectivity index (χ1) is 6.03. The minimum absolute atomic E-state index is 0.114. The van der Waals surface area contributed by atoms with Gasteiger partial charge in [0.2, 0.25) is 10.0 Å². The summed E-state index contributed by atoms with van der Waals surface area (Å²) in [6.45, 7) is 1.90. The molecule has 7 heteroatoms. The maximum absolute atomic E-state index is 11.0. The van der Waals surface area contributed by atoms with Gasteiger partial charge in [-0.1, -0.05) is 21.1 Å². The molecule has 1 N–H and O–H groups in total. The van der Waals surface area contributed by atoms with Crippen LogP contribution in [0.2, 0.25) is 0 Å². The minimum atomic E-state index is -3.22. The molecule has 1 heterocycles. The highest BCUT2D eigenvalue weighted by Gasteiger charge is 2.08. The number of hydrogen-bond acceptors (Lipinski definition) is 4. The van der Waals surface area contributed by atoms with Gasteiger partial charge in [0.05, 0.1) is 12.2 Å². The maximum atomic E-state index is 11.0. The Balaban J connectivity index is 2.53. The molecule has 0 unspecified atom stereocenters. The largest absolute Gasteiger partial charge is 0.361 e. The van der Waals surface area contributed by atoms with Crippen molar-refractivity contribution < 1.29 is 12.9 Å². The summed E-state index contributed by atoms with van der Waals surface area (Å²) in [7, 11) is -3.22. The van der Waals surface area contributed by atoms with E-state index in [2.05, 4.69) is 25.8 Å². The molecule has 0 aliphatic rings. The van der Waals surface area contributed by atoms with Crippen molar-refractivity contribution in [2.45, 2.75) is 13.5 Å². The summed E-state index contributed by atoms with van der Waals surface area (Å²) in [5, 5.41) is 3.64. The third-order valence-corrected chi connectivity index (χ3v) is 3.97. The van der Waals surface area contributed by atoms with E-state index in [-0.39, 0.29) is 11.2 Å². The SMILES string of the molecule is Cc1cc(CNS(=O)(=O)CBr)no1. The van der Waals surface area contributed by atoms with Crippen molar-refractivity contribution >= 4 is 26.0 Å². The number of nitrogens with zero attached hydrogens (tertiary/aromatic N) is 1. The second-order valence-electron chi connectivity index (χ2n) is 2.47. The van der Waals surface area contributed by atoms with Crippen molar-refractivity contribution in [3.05, 3.63) is 17.5 Å². The Morgan fingerprint density at radius 3 is 2.85 bits per heavy atom. The Morgan fingerprint density at radius 1 is 1.69 bits per heavy atom. The van der Waals surface area contributed by atoms with Crippen LogP contribution in [-0.2, 0) is 16.6 Å². The molecule has 1 rings (SSSR count). The maximum Gasteiger partial charge on any atom is 0.221 e. The third-order valence-electron chi connectivity index (χ3n) is 1.29. The number of alkyl halides is 1. The number of nitrogens with one attached hydrogen (secondary N) is 1. The fourth-order valence-corrected chi connectivity index (χ4v) is 1.65. The van der Waals surface area contributed by atoms with E-state index in [4.69, 9.17) is 4.52 Å². The first-order valence-corrected chi connectivity index (χ1v) is 6.26. The Labute approximate surface area is 84.7 Å². The Kier molecular flexibility index (Phi) is 3.46. The van der Waals surface area contributed by atoms with Gasteiger partial charge in [0, 0.05) is 6.07 Å². The van der Waals surface area contributed by atoms with Gasteiger partial charge in [0.15, 0.2) is 0 Å². The first kappa shape index (κ1) is 10.7. The monoisotopic (exact) mass is 268 g/mol. The normalized spacial score (nSPS) is 11.8. The summed E-state index contributed by atoms with van der Waals surface area (Å²) in [4.78, 5) is 0. The molecular weight excluding hydrogens is 260 g/mol. The van der Waals surface area contributed by atoms with Crippen LogP contribution in [0.1, 0.15) is 11.5 Å². The van der Waals surface area contributed by atoms with Crippen molar-refractivity contribution in [3.8, 4) is 0 Å². The number of aromatic nitrogens is 1. The van der Waals surface area contributed by atoms with E-state index in [1.54, 1.807) is 13.0 Å². The lowest BCUT2D eigenvalue weighted by molar-refractivity contribution is 0.390. The zero-order valence-electron chi connectivity index (χ0n) is 6.95. The van der Waals surface area contributed by atoms with Crippen LogP contribution in [0.3, 0.4) is 0 Å². The van der Waals surface area contributed by atoms with Gasteiger partial charge in [-0.15, -0.1) is 0 Å². The van der Waals surface area contributed by atoms with Crippen molar-refractivity contribution in [1.29, 1.82) is 0 Å². The molecule has 0 saturated heterocycles. The highest BCUT2D eigenvalue weighted by molar-refractivity contribution is 9.10. The molecule has 0 fully saturated rings. The lowest BCUT2D eigenvalue weighted by atomic mass is 10.4. The fourth-order valence-electron chi connectivity index (χ4n) is 0.724. The number of aryl methyl sites for hydroxylation is 1. The lowest BCUT2D eigenvalue weighted by Crippen LogP contribution is -2.23. The Bertz CT molecular complexity index is 373. The van der Waals surface area contributed by atoms with E-state index in [1.165, 1.54) is 0 Å². The van der Waals surface area contributed by atoms with Crippen LogP contribution >= 0.6 is 15.9 Å². The Hall–Kier alpha value is -0.400. The molecular formula is C6H9BrN2O3S. The van der Waals surface area contributed by atoms with E-state index in [1.807, 2.05) is 0 Å². The second kappa shape index (κ2) is 4.21. The number of hydrogen-bond donors (Lipinski definition) is 1. The molecule has 0 spiro atoms. The molecule has 0 aromatic carbocycles. The van der Waals surface area contributed by atoms with Crippen molar-refractivity contribution in [1.82, 2.24) is 9.88 Å². The second-order valence-corrected chi connectivity index (χ2v) is 5.58. The highest BCUT2D eigenvalue weighted by atomic mass is 79.9. The van der Waals surface area contributed by atoms with Gasteiger partial charge >= 0.3 is 0 Å². The summed E-state index contributed by atoms with van der Waals surface area (Å²) in [5.74, 6) is 0.660. The summed E-state index contributed by atoms with van der Waals surface area (Å²) in [5.41, 5.74) is 0.571. The van der Waals surface area contributed by atoms with Crippen LogP contribution in [0.15, 0.2) is 10.6 Å². The molecule has 0 atom stereocenters. The molecule has 0 aliphatic heterocycles. The van der Waals surface area contributed by atoms with Crippen LogP contribution in [0.4, 0.5) is 0 Å². The van der Waals surface area contributed by atoms with E-state index in [0.717, 1.165) is 0 Å². The zero-order valence-corrected chi connectivity index (χ0v) is 9.35. The van der Waals surface area contributed by atoms with E-state index in [9.17, 15) is 8.42 Å². The van der Waals surface area contributed by atoms with Gasteiger partial charge in [-0.3, -0.25) is 0 Å². The fraction of sp³-hybridized carbons (Fsp3) is 0.500. The smallest absolute Gasteiger partial charge is 0.221 e. The first-order valence-electron chi connectivity index (χ1n) is 3.49. The summed E-state index contributed by atoms with van der Waals surface area (Å²) >= 11 is 2.86. The lowest BCUT2D eigenvalue weighted by Gasteiger charge is -1.98. The van der Waals surface area contributed by atoms with E-state index < -0.39 is 10.0 Å². The highest BCUT2D eigenvalue weighted by Crippen LogP contribution is 2.01. The van der Waals surface area contributed by atoms with Gasteiger partial charge in [-0.2, -0.15) is 0 Å². The molecule has 0 saturated carbocycles. The Morgan fingerprint density at radius 2 is 2.38 bits per heavy atom. The summed E-state index contributed by atoms with van der Waals surface area (Å²) in [6.07, 6.45) is 0. The van der Waals surface area contributed by atoms with E-state index in [0.29, 0.717) is 11.5 Å². The molecule has 0 amide bonds. The van der Waals surface area contributed by atoms with Crippen molar-refractivity contribution in [2.75, 3.05) is 4.66 Å². The molecule has 13 heavy (non-hydrogen) atoms. The van der Waals surface area contributed by atoms with Crippen LogP contribution in [0, 0.1) is 6.92 Å². The van der Waals surface area contributed by atoms with Gasteiger partial charge in [-0.05, 0) is 6.92 Å². The minimum Gasteiger partial charge on any atom is -0.361 e. The van der Waals surface area contributed by atoms with Gasteiger partial charge in [-0.25, -0.2) is 13.1 Å². The molecule has 5 nitrogen and oxygen atoms in total. The van der Waals surface area contributed by atoms with Crippen molar-refractivity contribution in [3.63, 3.8) is 0 Å². The number of sulfonamides is 1. The average Bonchev–Trinajstić information content (AvgIpc) is 2.48. The third kappa shape index (κ3) is 3.45. The van der Waals surface area contributed by atoms with Crippen LogP contribution in [0.25, 0.3) is 0 Å². The predicted molar refractivity (Wildman–Crippen MR) is 50.8 cm³/mol. The van der Waals surface area contributed by atoms with Crippen LogP contribution < -0.4 is 4.72 Å². The molecule has 0 aliphatic carbocycles. The standard InChI is InChI=1S/C6H9BrN2O3S/c1-5-2-6(9-12-5)3-8-13(10,11)4-7/h2,8H,3-4H2,1H3. The molecule has 0 bridgehead atoms. The van der Waals surface area contributed by atoms with Gasteiger partial charge in [0.1, 0.15) is 10.4 Å². The average molecular weight is 269 g/mol. The summed E-state index contributed by atoms with van der Waals surface area (Å²) in [6, 6.07) is 1.68. The summed E-state index contributed by atoms with van der Waals surface area (Å²) < 4.78 is 28.9. The number of halogens is 1. The van der Waals surface area contributed by atoms with E-state index >= 15 is 0 Å². The van der Waals surface area contributed by atoms with Gasteiger partial charge < -0.3 is 4.52 Å². The predicted octanol–water partition coefficient (Wildman–Crippen LogP) is 0.755. The quantitative estimate of drug-likeness (QED) is 0.819. The topological polar surface area (TPSA) is 72.2 Å². The molecule has 1 aromatic heterocycles. The van der Waals surface area contributed by atoms with Crippen LogP contribution in [0.5, 0.6) is 0 Å².